The standard InChI is InChI=1S/C20H17Cl2N3O/c21-16-9-8-15(17(22)12-16)13-26-18-7-4-10-24-20(18)25-19(23)11-14-5-2-1-3-6-14/h1-10,12H,11,13H2,(H2,23,24,25). The number of nitrogens with zero attached hydrogens (tertiary/aromatic N) is 2. The second-order valence-electron chi connectivity index (χ2n) is 5.62. The molecule has 0 saturated heterocycles. The number of hydrogen-bond acceptors (Lipinski definition) is 3. The van der Waals surface area contributed by atoms with Gasteiger partial charge < -0.3 is 10.5 Å². The van der Waals surface area contributed by atoms with E-state index in [9.17, 15) is 0 Å². The van der Waals surface area contributed by atoms with E-state index < -0.39 is 0 Å². The first-order valence-corrected chi connectivity index (χ1v) is 8.76. The number of benzene rings is 2. The van der Waals surface area contributed by atoms with Crippen molar-refractivity contribution in [2.75, 3.05) is 0 Å². The number of aliphatic imine (C=N–C) groups is 1. The van der Waals surface area contributed by atoms with Crippen LogP contribution in [0, 0.1) is 0 Å². The molecule has 0 atom stereocenters. The first kappa shape index (κ1) is 18.2. The molecule has 3 aromatic rings. The van der Waals surface area contributed by atoms with Crippen LogP contribution in [-0.2, 0) is 13.0 Å². The van der Waals surface area contributed by atoms with Gasteiger partial charge >= 0.3 is 0 Å². The van der Waals surface area contributed by atoms with E-state index in [0.717, 1.165) is 11.1 Å². The summed E-state index contributed by atoms with van der Waals surface area (Å²) in [7, 11) is 0. The third kappa shape index (κ3) is 4.97. The Kier molecular flexibility index (Phi) is 6.10. The van der Waals surface area contributed by atoms with Gasteiger partial charge in [0.05, 0.1) is 0 Å². The van der Waals surface area contributed by atoms with Crippen molar-refractivity contribution in [2.45, 2.75) is 13.0 Å². The predicted octanol–water partition coefficient (Wildman–Crippen LogP) is 5.20. The Balaban J connectivity index is 1.74. The van der Waals surface area contributed by atoms with Crippen LogP contribution < -0.4 is 10.5 Å². The van der Waals surface area contributed by atoms with E-state index in [4.69, 9.17) is 33.7 Å². The van der Waals surface area contributed by atoms with Crippen LogP contribution in [0.25, 0.3) is 0 Å². The maximum absolute atomic E-state index is 6.18. The van der Waals surface area contributed by atoms with E-state index in [1.54, 1.807) is 30.5 Å². The summed E-state index contributed by atoms with van der Waals surface area (Å²) in [6.45, 7) is 0.281. The smallest absolute Gasteiger partial charge is 0.196 e. The number of pyridine rings is 1. The molecule has 0 spiro atoms. The van der Waals surface area contributed by atoms with Crippen molar-refractivity contribution in [3.63, 3.8) is 0 Å². The van der Waals surface area contributed by atoms with Crippen molar-refractivity contribution in [1.29, 1.82) is 0 Å². The van der Waals surface area contributed by atoms with Gasteiger partial charge in [-0.25, -0.2) is 9.98 Å². The summed E-state index contributed by atoms with van der Waals surface area (Å²) in [6.07, 6.45) is 2.19. The van der Waals surface area contributed by atoms with E-state index in [1.165, 1.54) is 0 Å². The summed E-state index contributed by atoms with van der Waals surface area (Å²) in [4.78, 5) is 8.67. The Morgan fingerprint density at radius 1 is 1.04 bits per heavy atom. The van der Waals surface area contributed by atoms with E-state index in [1.807, 2.05) is 36.4 Å². The maximum Gasteiger partial charge on any atom is 0.196 e. The van der Waals surface area contributed by atoms with Gasteiger partial charge in [0.1, 0.15) is 12.4 Å². The number of aromatic nitrogens is 1. The van der Waals surface area contributed by atoms with Crippen molar-refractivity contribution >= 4 is 34.9 Å². The Morgan fingerprint density at radius 2 is 1.85 bits per heavy atom. The number of rotatable bonds is 6. The molecule has 0 aliphatic rings. The lowest BCUT2D eigenvalue weighted by molar-refractivity contribution is 0.306. The first-order chi connectivity index (χ1) is 12.6. The molecule has 132 valence electrons. The Labute approximate surface area is 162 Å². The van der Waals surface area contributed by atoms with Gasteiger partial charge in [0.2, 0.25) is 0 Å². The van der Waals surface area contributed by atoms with Gasteiger partial charge in [-0.1, -0.05) is 59.6 Å². The molecular weight excluding hydrogens is 369 g/mol. The van der Waals surface area contributed by atoms with Crippen LogP contribution in [0.3, 0.4) is 0 Å². The molecule has 0 unspecified atom stereocenters. The highest BCUT2D eigenvalue weighted by Gasteiger charge is 2.08. The monoisotopic (exact) mass is 385 g/mol. The predicted molar refractivity (Wildman–Crippen MR) is 106 cm³/mol. The van der Waals surface area contributed by atoms with Crippen LogP contribution in [0.2, 0.25) is 10.0 Å². The van der Waals surface area contributed by atoms with Gasteiger partial charge in [-0.15, -0.1) is 0 Å². The lowest BCUT2D eigenvalue weighted by Crippen LogP contribution is -2.14. The molecule has 26 heavy (non-hydrogen) atoms. The van der Waals surface area contributed by atoms with Crippen LogP contribution >= 0.6 is 23.2 Å². The van der Waals surface area contributed by atoms with E-state index >= 15 is 0 Å². The summed E-state index contributed by atoms with van der Waals surface area (Å²) >= 11 is 12.1. The van der Waals surface area contributed by atoms with Gasteiger partial charge in [-0.3, -0.25) is 0 Å². The molecule has 3 rings (SSSR count). The van der Waals surface area contributed by atoms with E-state index in [2.05, 4.69) is 9.98 Å². The molecule has 2 aromatic carbocycles. The summed E-state index contributed by atoms with van der Waals surface area (Å²) in [6, 6.07) is 18.8. The normalized spacial score (nSPS) is 11.4. The van der Waals surface area contributed by atoms with Gasteiger partial charge in [0.25, 0.3) is 0 Å². The summed E-state index contributed by atoms with van der Waals surface area (Å²) in [5.41, 5.74) is 7.98. The van der Waals surface area contributed by atoms with Crippen LogP contribution in [0.15, 0.2) is 71.9 Å². The van der Waals surface area contributed by atoms with Crippen molar-refractivity contribution < 1.29 is 4.74 Å². The highest BCUT2D eigenvalue weighted by molar-refractivity contribution is 6.35. The molecule has 4 nitrogen and oxygen atoms in total. The molecular formula is C20H17Cl2N3O. The molecule has 0 fully saturated rings. The first-order valence-electron chi connectivity index (χ1n) is 8.00. The average molecular weight is 386 g/mol. The molecule has 1 heterocycles. The minimum absolute atomic E-state index is 0.281. The lowest BCUT2D eigenvalue weighted by Gasteiger charge is -2.10. The molecule has 0 amide bonds. The number of nitrogens with two attached hydrogens (primary N) is 1. The fraction of sp³-hybridized carbons (Fsp3) is 0.100. The van der Waals surface area contributed by atoms with Crippen molar-refractivity contribution in [3.8, 4) is 5.75 Å². The fourth-order valence-electron chi connectivity index (χ4n) is 2.35. The van der Waals surface area contributed by atoms with Crippen LogP contribution in [0.1, 0.15) is 11.1 Å². The summed E-state index contributed by atoms with van der Waals surface area (Å²) < 4.78 is 5.84. The minimum atomic E-state index is 0.281. The molecule has 0 saturated carbocycles. The molecule has 0 aliphatic carbocycles. The molecule has 2 N–H and O–H groups in total. The van der Waals surface area contributed by atoms with Crippen LogP contribution in [0.5, 0.6) is 5.75 Å². The Hall–Kier alpha value is -2.56. The molecule has 0 bridgehead atoms. The SMILES string of the molecule is N/C(Cc1ccccc1)=N\c1ncccc1OCc1ccc(Cl)cc1Cl. The molecule has 0 radical (unpaired) electrons. The number of amidine groups is 1. The largest absolute Gasteiger partial charge is 0.485 e. The number of halogens is 2. The van der Waals surface area contributed by atoms with Gasteiger partial charge in [-0.2, -0.15) is 0 Å². The molecule has 6 heteroatoms. The van der Waals surface area contributed by atoms with Gasteiger partial charge in [0.15, 0.2) is 11.6 Å². The molecule has 0 aliphatic heterocycles. The minimum Gasteiger partial charge on any atom is -0.485 e. The number of ether oxygens (including phenoxy) is 1. The highest BCUT2D eigenvalue weighted by Crippen LogP contribution is 2.27. The highest BCUT2D eigenvalue weighted by atomic mass is 35.5. The van der Waals surface area contributed by atoms with E-state index in [0.29, 0.717) is 33.9 Å². The van der Waals surface area contributed by atoms with Crippen molar-refractivity contribution in [1.82, 2.24) is 4.98 Å². The quantitative estimate of drug-likeness (QED) is 0.468. The lowest BCUT2D eigenvalue weighted by atomic mass is 10.1. The van der Waals surface area contributed by atoms with Gasteiger partial charge in [0, 0.05) is 28.2 Å². The van der Waals surface area contributed by atoms with Gasteiger partial charge in [-0.05, 0) is 29.8 Å². The average Bonchev–Trinajstić information content (AvgIpc) is 2.63. The van der Waals surface area contributed by atoms with Crippen LogP contribution in [-0.4, -0.2) is 10.8 Å². The third-order valence-electron chi connectivity index (χ3n) is 3.63. The second-order valence-corrected chi connectivity index (χ2v) is 6.46. The zero-order valence-corrected chi connectivity index (χ0v) is 15.4. The molecule has 1 aromatic heterocycles. The summed E-state index contributed by atoms with van der Waals surface area (Å²) in [5, 5.41) is 1.13. The number of hydrogen-bond donors (Lipinski definition) is 1. The topological polar surface area (TPSA) is 60.5 Å². The zero-order valence-electron chi connectivity index (χ0n) is 13.9. The Bertz CT molecular complexity index is 914. The zero-order chi connectivity index (χ0) is 18.4. The summed E-state index contributed by atoms with van der Waals surface area (Å²) in [5.74, 6) is 1.44. The van der Waals surface area contributed by atoms with Crippen LogP contribution in [0.4, 0.5) is 5.82 Å². The maximum atomic E-state index is 6.18. The third-order valence-corrected chi connectivity index (χ3v) is 4.21. The second kappa shape index (κ2) is 8.70. The Morgan fingerprint density at radius 3 is 2.62 bits per heavy atom. The van der Waals surface area contributed by atoms with Crippen molar-refractivity contribution in [2.24, 2.45) is 10.7 Å². The van der Waals surface area contributed by atoms with E-state index in [-0.39, 0.29) is 6.61 Å². The fourth-order valence-corrected chi connectivity index (χ4v) is 2.82. The van der Waals surface area contributed by atoms with Crippen molar-refractivity contribution in [3.05, 3.63) is 88.0 Å².